The van der Waals surface area contributed by atoms with Crippen molar-refractivity contribution in [2.24, 2.45) is 0 Å². The molecule has 1 saturated heterocycles. The number of Topliss-reactive ketones (excluding diaryl/α,β-unsaturated/α-hetero) is 1. The first kappa shape index (κ1) is 23.2. The van der Waals surface area contributed by atoms with E-state index in [1.165, 1.54) is 54.6 Å². The highest BCUT2D eigenvalue weighted by Gasteiger charge is 2.48. The third kappa shape index (κ3) is 4.06. The van der Waals surface area contributed by atoms with Crippen molar-refractivity contribution < 1.29 is 24.1 Å². The van der Waals surface area contributed by atoms with Crippen LogP contribution in [0, 0.1) is 10.1 Å². The summed E-state index contributed by atoms with van der Waals surface area (Å²) in [5.74, 6) is -1.81. The lowest BCUT2D eigenvalue weighted by Gasteiger charge is -2.22. The fourth-order valence-corrected chi connectivity index (χ4v) is 3.81. The molecular formula is C24H20ClN3O6. The summed E-state index contributed by atoms with van der Waals surface area (Å²) in [6.45, 7) is 5.68. The van der Waals surface area contributed by atoms with Crippen LogP contribution in [0.2, 0.25) is 5.02 Å². The molecule has 10 heteroatoms. The van der Waals surface area contributed by atoms with Gasteiger partial charge in [-0.15, -0.1) is 0 Å². The number of non-ortho nitro benzene ring substituents is 1. The van der Waals surface area contributed by atoms with E-state index >= 15 is 0 Å². The Balaban J connectivity index is 1.95. The number of aliphatic hydroxyl groups excluding tert-OH is 1. The van der Waals surface area contributed by atoms with Gasteiger partial charge in [-0.25, -0.2) is 0 Å². The van der Waals surface area contributed by atoms with Gasteiger partial charge >= 0.3 is 5.91 Å². The van der Waals surface area contributed by atoms with Gasteiger partial charge in [0.05, 0.1) is 16.5 Å². The molecule has 0 saturated carbocycles. The number of amides is 1. The van der Waals surface area contributed by atoms with Gasteiger partial charge in [0.25, 0.3) is 11.5 Å². The van der Waals surface area contributed by atoms with E-state index in [-0.39, 0.29) is 28.2 Å². The molecule has 0 aliphatic carbocycles. The largest absolute Gasteiger partial charge is 0.507 e. The van der Waals surface area contributed by atoms with Gasteiger partial charge in [0.15, 0.2) is 5.82 Å². The second-order valence-electron chi connectivity index (χ2n) is 8.83. The molecule has 0 radical (unpaired) electrons. The number of hydrogen-bond donors (Lipinski definition) is 1. The first-order chi connectivity index (χ1) is 16.0. The maximum absolute atomic E-state index is 13.2. The summed E-state index contributed by atoms with van der Waals surface area (Å²) in [7, 11) is 0. The van der Waals surface area contributed by atoms with Gasteiger partial charge in [-0.3, -0.25) is 24.6 Å². The summed E-state index contributed by atoms with van der Waals surface area (Å²) in [5.41, 5.74) is -0.376. The van der Waals surface area contributed by atoms with Gasteiger partial charge in [0.1, 0.15) is 11.5 Å². The molecular weight excluding hydrogens is 462 g/mol. The molecule has 1 amide bonds. The van der Waals surface area contributed by atoms with E-state index in [1.54, 1.807) is 0 Å². The number of nitro groups is 1. The number of anilines is 1. The van der Waals surface area contributed by atoms with Crippen molar-refractivity contribution in [1.29, 1.82) is 0 Å². The van der Waals surface area contributed by atoms with Crippen molar-refractivity contribution in [3.05, 3.63) is 92.2 Å². The van der Waals surface area contributed by atoms with E-state index in [0.29, 0.717) is 10.8 Å². The molecule has 1 N–H and O–H groups in total. The fourth-order valence-electron chi connectivity index (χ4n) is 3.69. The van der Waals surface area contributed by atoms with E-state index in [9.17, 15) is 24.8 Å². The number of carbonyl (C=O) groups excluding carboxylic acids is 2. The van der Waals surface area contributed by atoms with Crippen LogP contribution in [0.25, 0.3) is 5.76 Å². The summed E-state index contributed by atoms with van der Waals surface area (Å²) in [6.07, 6.45) is 0. The van der Waals surface area contributed by atoms with Crippen molar-refractivity contribution in [1.82, 2.24) is 5.16 Å². The topological polar surface area (TPSA) is 127 Å². The minimum atomic E-state index is -1.17. The normalized spacial score (nSPS) is 17.9. The zero-order valence-corrected chi connectivity index (χ0v) is 19.2. The van der Waals surface area contributed by atoms with Gasteiger partial charge in [-0.2, -0.15) is 0 Å². The lowest BCUT2D eigenvalue weighted by molar-refractivity contribution is -0.384. The van der Waals surface area contributed by atoms with E-state index in [1.807, 2.05) is 20.8 Å². The monoisotopic (exact) mass is 481 g/mol. The molecule has 3 aromatic rings. The highest BCUT2D eigenvalue weighted by Crippen LogP contribution is 2.43. The molecule has 1 aliphatic rings. The first-order valence-electron chi connectivity index (χ1n) is 10.3. The molecule has 0 bridgehead atoms. The van der Waals surface area contributed by atoms with Crippen molar-refractivity contribution in [3.8, 4) is 0 Å². The predicted molar refractivity (Wildman–Crippen MR) is 125 cm³/mol. The Bertz CT molecular complexity index is 1340. The average Bonchev–Trinajstić information content (AvgIpc) is 3.37. The van der Waals surface area contributed by atoms with Crippen LogP contribution in [0.4, 0.5) is 11.5 Å². The van der Waals surface area contributed by atoms with Crippen molar-refractivity contribution >= 4 is 40.6 Å². The van der Waals surface area contributed by atoms with Crippen LogP contribution in [-0.4, -0.2) is 26.9 Å². The Hall–Kier alpha value is -3.98. The van der Waals surface area contributed by atoms with Gasteiger partial charge < -0.3 is 9.63 Å². The van der Waals surface area contributed by atoms with Crippen LogP contribution >= 0.6 is 11.6 Å². The minimum absolute atomic E-state index is 0.0543. The highest BCUT2D eigenvalue weighted by atomic mass is 35.5. The highest BCUT2D eigenvalue weighted by molar-refractivity contribution is 6.51. The molecule has 34 heavy (non-hydrogen) atoms. The lowest BCUT2D eigenvalue weighted by atomic mass is 9.93. The summed E-state index contributed by atoms with van der Waals surface area (Å²) in [6, 6.07) is 12.0. The van der Waals surface area contributed by atoms with Gasteiger partial charge in [0.2, 0.25) is 0 Å². The SMILES string of the molecule is CC(C)(C)c1cc(N2C(=O)C(=O)/C(=C(/O)c3ccc(Cl)cc3)C2c2cccc([N+](=O)[O-])c2)no1. The van der Waals surface area contributed by atoms with Crippen LogP contribution < -0.4 is 4.90 Å². The number of carbonyl (C=O) groups is 2. The van der Waals surface area contributed by atoms with E-state index in [0.717, 1.165) is 4.90 Å². The average molecular weight is 482 g/mol. The third-order valence-electron chi connectivity index (χ3n) is 5.44. The van der Waals surface area contributed by atoms with Crippen LogP contribution in [0.3, 0.4) is 0 Å². The summed E-state index contributed by atoms with van der Waals surface area (Å²) in [5, 5.41) is 26.9. The Labute approximate surface area is 199 Å². The molecule has 1 unspecified atom stereocenters. The maximum Gasteiger partial charge on any atom is 0.301 e. The number of ketones is 1. The number of nitro benzene ring substituents is 1. The Morgan fingerprint density at radius 3 is 2.41 bits per heavy atom. The van der Waals surface area contributed by atoms with Gasteiger partial charge in [-0.1, -0.05) is 49.7 Å². The number of halogens is 1. The zero-order chi connectivity index (χ0) is 24.8. The van der Waals surface area contributed by atoms with Crippen LogP contribution in [0.5, 0.6) is 0 Å². The van der Waals surface area contributed by atoms with Gasteiger partial charge in [-0.05, 0) is 29.8 Å². The molecule has 1 aliphatic heterocycles. The molecule has 174 valence electrons. The molecule has 9 nitrogen and oxygen atoms in total. The maximum atomic E-state index is 13.2. The first-order valence-corrected chi connectivity index (χ1v) is 10.7. The molecule has 1 fully saturated rings. The molecule has 1 aromatic heterocycles. The zero-order valence-electron chi connectivity index (χ0n) is 18.5. The molecule has 2 heterocycles. The number of benzene rings is 2. The van der Waals surface area contributed by atoms with Crippen LogP contribution in [0.1, 0.15) is 43.7 Å². The number of hydrogen-bond acceptors (Lipinski definition) is 7. The number of nitrogens with zero attached hydrogens (tertiary/aromatic N) is 3. The fraction of sp³-hybridized carbons (Fsp3) is 0.208. The minimum Gasteiger partial charge on any atom is -0.507 e. The number of aliphatic hydroxyl groups is 1. The van der Waals surface area contributed by atoms with Crippen molar-refractivity contribution in [3.63, 3.8) is 0 Å². The quantitative estimate of drug-likeness (QED) is 0.179. The van der Waals surface area contributed by atoms with Gasteiger partial charge in [0, 0.05) is 34.2 Å². The van der Waals surface area contributed by atoms with E-state index in [2.05, 4.69) is 5.16 Å². The second-order valence-corrected chi connectivity index (χ2v) is 9.26. The smallest absolute Gasteiger partial charge is 0.301 e. The molecule has 4 rings (SSSR count). The van der Waals surface area contributed by atoms with Crippen LogP contribution in [-0.2, 0) is 15.0 Å². The standard InChI is InChI=1S/C24H20ClN3O6/c1-24(2,3)17-12-18(26-34-17)27-20(14-5-4-6-16(11-14)28(32)33)19(22(30)23(27)31)21(29)13-7-9-15(25)10-8-13/h4-12,20,29H,1-3H3/b21-19+. The summed E-state index contributed by atoms with van der Waals surface area (Å²) < 4.78 is 5.41. The molecule has 0 spiro atoms. The Kier molecular flexibility index (Phi) is 5.74. The number of aromatic nitrogens is 1. The number of rotatable bonds is 4. The second kappa shape index (κ2) is 8.42. The predicted octanol–water partition coefficient (Wildman–Crippen LogP) is 5.16. The third-order valence-corrected chi connectivity index (χ3v) is 5.69. The summed E-state index contributed by atoms with van der Waals surface area (Å²) in [4.78, 5) is 38.2. The molecule has 1 atom stereocenters. The van der Waals surface area contributed by atoms with E-state index < -0.39 is 33.8 Å². The molecule has 2 aromatic carbocycles. The lowest BCUT2D eigenvalue weighted by Crippen LogP contribution is -2.29. The Morgan fingerprint density at radius 2 is 1.82 bits per heavy atom. The summed E-state index contributed by atoms with van der Waals surface area (Å²) >= 11 is 5.93. The van der Waals surface area contributed by atoms with Crippen LogP contribution in [0.15, 0.2) is 64.7 Å². The van der Waals surface area contributed by atoms with Crippen molar-refractivity contribution in [2.75, 3.05) is 4.90 Å². The van der Waals surface area contributed by atoms with Crippen molar-refractivity contribution in [2.45, 2.75) is 32.2 Å². The Morgan fingerprint density at radius 1 is 1.15 bits per heavy atom. The van der Waals surface area contributed by atoms with E-state index in [4.69, 9.17) is 16.1 Å².